The van der Waals surface area contributed by atoms with Crippen LogP contribution >= 0.6 is 11.6 Å². The third kappa shape index (κ3) is 3.38. The maximum atomic E-state index is 5.95. The molecule has 0 aliphatic carbocycles. The molecule has 0 amide bonds. The summed E-state index contributed by atoms with van der Waals surface area (Å²) in [6, 6.07) is 10.4. The van der Waals surface area contributed by atoms with Crippen molar-refractivity contribution in [1.82, 2.24) is 4.98 Å². The molecule has 0 unspecified atom stereocenters. The zero-order chi connectivity index (χ0) is 13.8. The molecule has 1 aromatic carbocycles. The number of alkyl halides is 1. The molecule has 0 fully saturated rings. The monoisotopic (exact) mass is 276 g/mol. The van der Waals surface area contributed by atoms with Gasteiger partial charge in [0.15, 0.2) is 0 Å². The van der Waals surface area contributed by atoms with Gasteiger partial charge in [-0.2, -0.15) is 0 Å². The van der Waals surface area contributed by atoms with Crippen molar-refractivity contribution in [3.8, 4) is 0 Å². The summed E-state index contributed by atoms with van der Waals surface area (Å²) in [6.07, 6.45) is 1.18. The molecule has 0 aliphatic heterocycles. The Hall–Kier alpha value is -1.28. The zero-order valence-corrected chi connectivity index (χ0v) is 12.6. The highest BCUT2D eigenvalue weighted by atomic mass is 35.5. The van der Waals surface area contributed by atoms with Crippen LogP contribution in [0.15, 0.2) is 30.3 Å². The molecular weight excluding hydrogens is 256 g/mol. The van der Waals surface area contributed by atoms with E-state index in [0.717, 1.165) is 17.8 Å². The van der Waals surface area contributed by atoms with Crippen LogP contribution in [-0.4, -0.2) is 18.6 Å². The lowest BCUT2D eigenvalue weighted by atomic mass is 10.1. The van der Waals surface area contributed by atoms with Crippen LogP contribution in [0.3, 0.4) is 0 Å². The smallest absolute Gasteiger partial charge is 0.0726 e. The number of benzene rings is 1. The second-order valence-corrected chi connectivity index (χ2v) is 5.65. The van der Waals surface area contributed by atoms with Gasteiger partial charge in [-0.25, -0.2) is 0 Å². The van der Waals surface area contributed by atoms with Gasteiger partial charge in [-0.15, -0.1) is 11.6 Å². The molecule has 2 aromatic rings. The van der Waals surface area contributed by atoms with Crippen molar-refractivity contribution >= 4 is 28.2 Å². The number of nitrogens with zero attached hydrogens (tertiary/aromatic N) is 2. The Morgan fingerprint density at radius 1 is 1.26 bits per heavy atom. The predicted molar refractivity (Wildman–Crippen MR) is 84.0 cm³/mol. The third-order valence-electron chi connectivity index (χ3n) is 3.34. The summed E-state index contributed by atoms with van der Waals surface area (Å²) in [7, 11) is 2.14. The maximum Gasteiger partial charge on any atom is 0.0726 e. The van der Waals surface area contributed by atoms with Crippen LogP contribution in [0.1, 0.15) is 26.0 Å². The lowest BCUT2D eigenvalue weighted by Crippen LogP contribution is -2.20. The average Bonchev–Trinajstić information content (AvgIpc) is 2.43. The van der Waals surface area contributed by atoms with Gasteiger partial charge in [0.05, 0.1) is 17.1 Å². The van der Waals surface area contributed by atoms with Crippen molar-refractivity contribution in [2.24, 2.45) is 5.92 Å². The summed E-state index contributed by atoms with van der Waals surface area (Å²) in [6.45, 7) is 5.55. The van der Waals surface area contributed by atoms with E-state index in [1.807, 2.05) is 12.1 Å². The van der Waals surface area contributed by atoms with Gasteiger partial charge in [0.25, 0.3) is 0 Å². The van der Waals surface area contributed by atoms with Gasteiger partial charge in [0.2, 0.25) is 0 Å². The minimum Gasteiger partial charge on any atom is -0.374 e. The molecule has 1 aromatic heterocycles. The summed E-state index contributed by atoms with van der Waals surface area (Å²) in [4.78, 5) is 6.88. The summed E-state index contributed by atoms with van der Waals surface area (Å²) in [5.41, 5.74) is 3.18. The fourth-order valence-electron chi connectivity index (χ4n) is 2.17. The molecule has 0 bridgehead atoms. The van der Waals surface area contributed by atoms with Crippen LogP contribution in [0.2, 0.25) is 0 Å². The van der Waals surface area contributed by atoms with Gasteiger partial charge < -0.3 is 4.90 Å². The van der Waals surface area contributed by atoms with E-state index in [4.69, 9.17) is 11.6 Å². The number of para-hydroxylation sites is 1. The van der Waals surface area contributed by atoms with E-state index in [1.165, 1.54) is 17.5 Å². The Balaban J connectivity index is 2.39. The molecule has 0 atom stereocenters. The zero-order valence-electron chi connectivity index (χ0n) is 11.9. The summed E-state index contributed by atoms with van der Waals surface area (Å²) in [5.74, 6) is 1.17. The topological polar surface area (TPSA) is 16.1 Å². The molecule has 0 saturated heterocycles. The molecule has 3 heteroatoms. The molecule has 19 heavy (non-hydrogen) atoms. The summed E-state index contributed by atoms with van der Waals surface area (Å²) < 4.78 is 0. The minimum atomic E-state index is 0.454. The van der Waals surface area contributed by atoms with E-state index in [1.54, 1.807) is 0 Å². The van der Waals surface area contributed by atoms with Gasteiger partial charge >= 0.3 is 0 Å². The number of hydrogen-bond donors (Lipinski definition) is 0. The van der Waals surface area contributed by atoms with E-state index in [2.05, 4.69) is 49.0 Å². The Labute approximate surface area is 120 Å². The fourth-order valence-corrected chi connectivity index (χ4v) is 2.30. The maximum absolute atomic E-state index is 5.95. The Kier molecular flexibility index (Phi) is 4.65. The molecule has 0 N–H and O–H groups in total. The predicted octanol–water partition coefficient (Wildman–Crippen LogP) is 4.46. The average molecular weight is 277 g/mol. The first-order chi connectivity index (χ1) is 9.11. The number of pyridine rings is 1. The van der Waals surface area contributed by atoms with Gasteiger partial charge in [0, 0.05) is 24.7 Å². The largest absolute Gasteiger partial charge is 0.374 e. The van der Waals surface area contributed by atoms with E-state index >= 15 is 0 Å². The van der Waals surface area contributed by atoms with Crippen molar-refractivity contribution < 1.29 is 0 Å². The highest BCUT2D eigenvalue weighted by Gasteiger charge is 2.09. The molecule has 2 nitrogen and oxygen atoms in total. The third-order valence-corrected chi connectivity index (χ3v) is 3.61. The highest BCUT2D eigenvalue weighted by molar-refractivity contribution is 6.17. The van der Waals surface area contributed by atoms with Gasteiger partial charge in [-0.1, -0.05) is 32.0 Å². The Bertz CT molecular complexity index is 551. The van der Waals surface area contributed by atoms with Crippen molar-refractivity contribution in [2.45, 2.75) is 26.1 Å². The summed E-state index contributed by atoms with van der Waals surface area (Å²) >= 11 is 5.95. The van der Waals surface area contributed by atoms with Crippen LogP contribution < -0.4 is 4.90 Å². The molecule has 0 spiro atoms. The van der Waals surface area contributed by atoms with Crippen molar-refractivity contribution in [1.29, 1.82) is 0 Å². The lowest BCUT2D eigenvalue weighted by Gasteiger charge is -2.22. The van der Waals surface area contributed by atoms with Crippen molar-refractivity contribution in [3.05, 3.63) is 36.0 Å². The Morgan fingerprint density at radius 3 is 2.68 bits per heavy atom. The lowest BCUT2D eigenvalue weighted by molar-refractivity contribution is 0.585. The number of fused-ring (bicyclic) bond motifs is 1. The Morgan fingerprint density at radius 2 is 2.00 bits per heavy atom. The van der Waals surface area contributed by atoms with Crippen LogP contribution in [0.4, 0.5) is 5.69 Å². The van der Waals surface area contributed by atoms with Crippen molar-refractivity contribution in [3.63, 3.8) is 0 Å². The number of aromatic nitrogens is 1. The number of rotatable bonds is 5. The van der Waals surface area contributed by atoms with Crippen molar-refractivity contribution in [2.75, 3.05) is 18.5 Å². The molecule has 2 rings (SSSR count). The molecule has 1 heterocycles. The van der Waals surface area contributed by atoms with Gasteiger partial charge in [0.1, 0.15) is 0 Å². The molecule has 102 valence electrons. The normalized spacial score (nSPS) is 11.2. The number of anilines is 1. The quantitative estimate of drug-likeness (QED) is 0.750. The molecule has 0 radical (unpaired) electrons. The summed E-state index contributed by atoms with van der Waals surface area (Å²) in [5, 5.41) is 1.20. The first-order valence-electron chi connectivity index (χ1n) is 6.77. The second kappa shape index (κ2) is 6.25. The standard InChI is InChI=1S/C16H21ClN2/c1-12(2)8-9-19(3)16-10-13(11-17)18-15-7-5-4-6-14(15)16/h4-7,10,12H,8-9,11H2,1-3H3. The highest BCUT2D eigenvalue weighted by Crippen LogP contribution is 2.27. The van der Waals surface area contributed by atoms with Crippen LogP contribution in [-0.2, 0) is 5.88 Å². The van der Waals surface area contributed by atoms with Gasteiger partial charge in [-0.3, -0.25) is 4.98 Å². The first-order valence-corrected chi connectivity index (χ1v) is 7.31. The van der Waals surface area contributed by atoms with Crippen LogP contribution in [0.5, 0.6) is 0 Å². The number of hydrogen-bond acceptors (Lipinski definition) is 2. The van der Waals surface area contributed by atoms with Gasteiger partial charge in [-0.05, 0) is 24.5 Å². The second-order valence-electron chi connectivity index (χ2n) is 5.39. The number of halogens is 1. The SMILES string of the molecule is CC(C)CCN(C)c1cc(CCl)nc2ccccc12. The fraction of sp³-hybridized carbons (Fsp3) is 0.438. The van der Waals surface area contributed by atoms with E-state index in [-0.39, 0.29) is 0 Å². The van der Waals surface area contributed by atoms with Crippen LogP contribution in [0, 0.1) is 5.92 Å². The van der Waals surface area contributed by atoms with E-state index in [9.17, 15) is 0 Å². The first kappa shape index (κ1) is 14.1. The minimum absolute atomic E-state index is 0.454. The van der Waals surface area contributed by atoms with E-state index in [0.29, 0.717) is 11.8 Å². The molecule has 0 saturated carbocycles. The van der Waals surface area contributed by atoms with Crippen LogP contribution in [0.25, 0.3) is 10.9 Å². The van der Waals surface area contributed by atoms with E-state index < -0.39 is 0 Å². The molecular formula is C16H21ClN2. The molecule has 0 aliphatic rings.